The van der Waals surface area contributed by atoms with Gasteiger partial charge in [-0.25, -0.2) is 0 Å². The Morgan fingerprint density at radius 3 is 1.51 bits per heavy atom. The number of nitrogens with one attached hydrogen (secondary N) is 1. The van der Waals surface area contributed by atoms with Gasteiger partial charge in [0, 0.05) is 6.42 Å². The maximum Gasteiger partial charge on any atom is 0.220 e. The van der Waals surface area contributed by atoms with Crippen LogP contribution in [-0.2, 0) is 23.7 Å². The summed E-state index contributed by atoms with van der Waals surface area (Å²) in [4.78, 5) is 13.2. The van der Waals surface area contributed by atoms with E-state index in [1.807, 2.05) is 6.08 Å². The van der Waals surface area contributed by atoms with Crippen molar-refractivity contribution in [3.05, 3.63) is 97.2 Å². The zero-order valence-corrected chi connectivity index (χ0v) is 44.6. The second kappa shape index (κ2) is 44.1. The molecule has 12 unspecified atom stereocenters. The van der Waals surface area contributed by atoms with Gasteiger partial charge in [-0.1, -0.05) is 175 Å². The molecule has 418 valence electrons. The van der Waals surface area contributed by atoms with Crippen molar-refractivity contribution in [2.75, 3.05) is 19.8 Å². The van der Waals surface area contributed by atoms with Gasteiger partial charge >= 0.3 is 0 Å². The molecule has 14 nitrogen and oxygen atoms in total. The van der Waals surface area contributed by atoms with Crippen molar-refractivity contribution >= 4 is 5.91 Å². The first kappa shape index (κ1) is 66.0. The lowest BCUT2D eigenvalue weighted by Gasteiger charge is -2.46. The van der Waals surface area contributed by atoms with Crippen LogP contribution in [-0.4, -0.2) is 140 Å². The summed E-state index contributed by atoms with van der Waals surface area (Å²) >= 11 is 0. The molecule has 0 spiro atoms. The Kier molecular flexibility index (Phi) is 39.9. The number of allylic oxidation sites excluding steroid dienone is 15. The van der Waals surface area contributed by atoms with Gasteiger partial charge in [0.15, 0.2) is 12.6 Å². The molecule has 0 aromatic carbocycles. The summed E-state index contributed by atoms with van der Waals surface area (Å²) in [6.07, 6.45) is 42.9. The number of hydrogen-bond acceptors (Lipinski definition) is 13. The van der Waals surface area contributed by atoms with Crippen LogP contribution in [0.2, 0.25) is 0 Å². The van der Waals surface area contributed by atoms with Crippen LogP contribution in [0.3, 0.4) is 0 Å². The van der Waals surface area contributed by atoms with E-state index < -0.39 is 86.8 Å². The first-order chi connectivity index (χ1) is 35.6. The number of carbonyl (C=O) groups is 1. The number of carbonyl (C=O) groups excluding carboxylic acids is 1. The minimum absolute atomic E-state index is 0.242. The Morgan fingerprint density at radius 2 is 0.959 bits per heavy atom. The minimum atomic E-state index is -1.80. The van der Waals surface area contributed by atoms with Crippen LogP contribution in [0, 0.1) is 0 Å². The van der Waals surface area contributed by atoms with Crippen LogP contribution >= 0.6 is 0 Å². The second-order valence-corrected chi connectivity index (χ2v) is 19.3. The zero-order valence-electron chi connectivity index (χ0n) is 44.6. The number of rotatable bonds is 42. The molecule has 12 atom stereocenters. The minimum Gasteiger partial charge on any atom is -0.394 e. The van der Waals surface area contributed by atoms with Gasteiger partial charge in [0.05, 0.1) is 32.0 Å². The Bertz CT molecular complexity index is 1590. The maximum atomic E-state index is 13.2. The Labute approximate surface area is 439 Å². The molecule has 2 aliphatic rings. The highest BCUT2D eigenvalue weighted by Crippen LogP contribution is 2.30. The average Bonchev–Trinajstić information content (AvgIpc) is 3.39. The summed E-state index contributed by atoms with van der Waals surface area (Å²) in [6.45, 7) is 2.62. The quantitative estimate of drug-likeness (QED) is 0.0206. The van der Waals surface area contributed by atoms with E-state index in [0.717, 1.165) is 89.9 Å². The fourth-order valence-corrected chi connectivity index (χ4v) is 8.46. The molecule has 0 radical (unpaired) electrons. The van der Waals surface area contributed by atoms with E-state index in [4.69, 9.17) is 18.9 Å². The van der Waals surface area contributed by atoms with Gasteiger partial charge in [0.2, 0.25) is 5.91 Å². The Balaban J connectivity index is 1.84. The molecule has 0 aromatic rings. The van der Waals surface area contributed by atoms with Gasteiger partial charge in [0.1, 0.15) is 48.8 Å². The predicted octanol–water partition coefficient (Wildman–Crippen LogP) is 8.71. The van der Waals surface area contributed by atoms with Gasteiger partial charge in [-0.05, 0) is 89.9 Å². The summed E-state index contributed by atoms with van der Waals surface area (Å²) in [7, 11) is 0. The summed E-state index contributed by atoms with van der Waals surface area (Å²) in [6, 6.07) is -0.955. The van der Waals surface area contributed by atoms with Crippen LogP contribution in [0.1, 0.15) is 174 Å². The standard InChI is InChI=1S/C59H99NO13/c1-3-5-7-9-11-13-15-17-19-21-23-24-25-27-29-31-33-35-37-39-41-43-51(64)60-47(48(63)42-40-38-36-34-32-30-28-26-22-20-18-16-14-12-10-8-6-4-2)46-70-58-56(69)54(67)57(50(45-62)72-58)73-59-55(68)53(66)52(65)49(44-61)71-59/h5,7,11,13,17,19,22-24,26-27,29,32,34,40,42,47-50,52-59,61-63,65-69H,3-4,6,8-10,12,14-16,18,20-21,25,28,30-31,33,35-39,41,43-46H2,1-2H3,(H,60,64)/b7-5-,13-11-,19-17-,24-23-,26-22+,29-27-,34-32+,42-40+. The fourth-order valence-electron chi connectivity index (χ4n) is 8.46. The molecule has 9 N–H and O–H groups in total. The fraction of sp³-hybridized carbons (Fsp3) is 0.712. The molecule has 2 saturated heterocycles. The zero-order chi connectivity index (χ0) is 53.2. The highest BCUT2D eigenvalue weighted by molar-refractivity contribution is 5.76. The van der Waals surface area contributed by atoms with Crippen molar-refractivity contribution in [3.63, 3.8) is 0 Å². The third kappa shape index (κ3) is 30.3. The van der Waals surface area contributed by atoms with Crippen LogP contribution in [0.25, 0.3) is 0 Å². The Morgan fingerprint density at radius 1 is 0.507 bits per heavy atom. The highest BCUT2D eigenvalue weighted by Gasteiger charge is 2.51. The monoisotopic (exact) mass is 1030 g/mol. The summed E-state index contributed by atoms with van der Waals surface area (Å²) in [5, 5.41) is 86.9. The summed E-state index contributed by atoms with van der Waals surface area (Å²) in [5.74, 6) is -0.277. The van der Waals surface area contributed by atoms with Crippen molar-refractivity contribution in [2.45, 2.75) is 248 Å². The molecule has 14 heteroatoms. The molecule has 2 fully saturated rings. The van der Waals surface area contributed by atoms with E-state index in [9.17, 15) is 45.6 Å². The summed E-state index contributed by atoms with van der Waals surface area (Å²) in [5.41, 5.74) is 0. The van der Waals surface area contributed by atoms with Gasteiger partial charge in [-0.3, -0.25) is 4.79 Å². The highest BCUT2D eigenvalue weighted by atomic mass is 16.7. The van der Waals surface area contributed by atoms with Crippen LogP contribution < -0.4 is 5.32 Å². The van der Waals surface area contributed by atoms with Crippen molar-refractivity contribution in [2.24, 2.45) is 0 Å². The molecule has 0 saturated carbocycles. The molecule has 1 amide bonds. The van der Waals surface area contributed by atoms with Gasteiger partial charge < -0.3 is 65.1 Å². The molecule has 73 heavy (non-hydrogen) atoms. The van der Waals surface area contributed by atoms with E-state index in [1.165, 1.54) is 51.4 Å². The molecular weight excluding hydrogens is 931 g/mol. The van der Waals surface area contributed by atoms with Crippen molar-refractivity contribution in [1.82, 2.24) is 5.32 Å². The smallest absolute Gasteiger partial charge is 0.220 e. The molecule has 0 bridgehead atoms. The molecule has 0 aliphatic carbocycles. The van der Waals surface area contributed by atoms with E-state index >= 15 is 0 Å². The van der Waals surface area contributed by atoms with Crippen molar-refractivity contribution in [3.8, 4) is 0 Å². The van der Waals surface area contributed by atoms with Gasteiger partial charge in [0.25, 0.3) is 0 Å². The first-order valence-electron chi connectivity index (χ1n) is 28.0. The number of aliphatic hydroxyl groups is 8. The van der Waals surface area contributed by atoms with Crippen LogP contribution in [0.4, 0.5) is 0 Å². The molecule has 2 aliphatic heterocycles. The SMILES string of the molecule is CC/C=C\C/C=C\C/C=C\C/C=C\C/C=C\CCCCCCCC(=O)NC(COC1OC(CO)C(OC2OC(CO)C(O)C(O)C2O)C(O)C1O)C(O)/C=C/CC/C=C/CC/C=C/CCCCCCCCCC. The first-order valence-corrected chi connectivity index (χ1v) is 28.0. The number of ether oxygens (including phenoxy) is 4. The molecule has 0 aromatic heterocycles. The number of aliphatic hydroxyl groups excluding tert-OH is 8. The Hall–Kier alpha value is -3.09. The van der Waals surface area contributed by atoms with Gasteiger partial charge in [-0.2, -0.15) is 0 Å². The van der Waals surface area contributed by atoms with E-state index in [0.29, 0.717) is 12.8 Å². The average molecular weight is 1030 g/mol. The normalized spacial score (nSPS) is 26.2. The van der Waals surface area contributed by atoms with Crippen LogP contribution in [0.15, 0.2) is 97.2 Å². The molecular formula is C59H99NO13. The van der Waals surface area contributed by atoms with Crippen molar-refractivity contribution in [1.29, 1.82) is 0 Å². The third-order valence-corrected chi connectivity index (χ3v) is 13.0. The van der Waals surface area contributed by atoms with Crippen LogP contribution in [0.5, 0.6) is 0 Å². The van der Waals surface area contributed by atoms with Crippen molar-refractivity contribution < 1.29 is 64.6 Å². The lowest BCUT2D eigenvalue weighted by Crippen LogP contribution is -2.65. The van der Waals surface area contributed by atoms with E-state index in [1.54, 1.807) is 6.08 Å². The van der Waals surface area contributed by atoms with E-state index in [2.05, 4.69) is 104 Å². The topological polar surface area (TPSA) is 228 Å². The maximum absolute atomic E-state index is 13.2. The second-order valence-electron chi connectivity index (χ2n) is 19.3. The predicted molar refractivity (Wildman–Crippen MR) is 290 cm³/mol. The molecule has 2 rings (SSSR count). The lowest BCUT2D eigenvalue weighted by atomic mass is 9.97. The largest absolute Gasteiger partial charge is 0.394 e. The third-order valence-electron chi connectivity index (χ3n) is 13.0. The summed E-state index contributed by atoms with van der Waals surface area (Å²) < 4.78 is 22.7. The molecule has 2 heterocycles. The van der Waals surface area contributed by atoms with E-state index in [-0.39, 0.29) is 18.9 Å². The number of amides is 1. The lowest BCUT2D eigenvalue weighted by molar-refractivity contribution is -0.359. The number of unbranched alkanes of at least 4 members (excludes halogenated alkanes) is 15. The number of hydrogen-bond donors (Lipinski definition) is 9. The van der Waals surface area contributed by atoms with Gasteiger partial charge in [-0.15, -0.1) is 0 Å².